The lowest BCUT2D eigenvalue weighted by Crippen LogP contribution is -2.34. The molecule has 1 rings (SSSR count). The predicted octanol–water partition coefficient (Wildman–Crippen LogP) is 2.90. The number of rotatable bonds is 11. The predicted molar refractivity (Wildman–Crippen MR) is 117 cm³/mol. The molecule has 0 bridgehead atoms. The molecule has 1 unspecified atom stereocenters. The van der Waals surface area contributed by atoms with E-state index in [4.69, 9.17) is 5.73 Å². The third-order valence-corrected chi connectivity index (χ3v) is 7.04. The van der Waals surface area contributed by atoms with Crippen molar-refractivity contribution in [2.45, 2.75) is 57.9 Å². The highest BCUT2D eigenvalue weighted by Gasteiger charge is 2.21. The van der Waals surface area contributed by atoms with E-state index in [1.54, 1.807) is 36.2 Å². The van der Waals surface area contributed by atoms with Gasteiger partial charge in [0.25, 0.3) is 0 Å². The third-order valence-electron chi connectivity index (χ3n) is 4.97. The molecule has 1 amide bonds. The number of carbonyl (C=O) groups is 1. The van der Waals surface area contributed by atoms with Gasteiger partial charge in [0.15, 0.2) is 0 Å². The second-order valence-corrected chi connectivity index (χ2v) is 9.18. The average Bonchev–Trinajstić information content (AvgIpc) is 2.64. The molecular formula is C20H36ClN3O3S. The van der Waals surface area contributed by atoms with Crippen molar-refractivity contribution in [3.63, 3.8) is 0 Å². The van der Waals surface area contributed by atoms with Gasteiger partial charge in [0.1, 0.15) is 0 Å². The molecule has 0 heterocycles. The summed E-state index contributed by atoms with van der Waals surface area (Å²) in [7, 11) is -1.64. The van der Waals surface area contributed by atoms with Crippen LogP contribution in [0.1, 0.15) is 46.1 Å². The van der Waals surface area contributed by atoms with Crippen molar-refractivity contribution in [3.8, 4) is 0 Å². The van der Waals surface area contributed by atoms with Crippen molar-refractivity contribution in [2.24, 2.45) is 11.7 Å². The summed E-state index contributed by atoms with van der Waals surface area (Å²) in [6.45, 7) is 9.35. The van der Waals surface area contributed by atoms with E-state index in [1.165, 1.54) is 4.31 Å². The molecule has 0 aliphatic heterocycles. The fourth-order valence-electron chi connectivity index (χ4n) is 2.78. The highest BCUT2D eigenvalue weighted by molar-refractivity contribution is 7.89. The summed E-state index contributed by atoms with van der Waals surface area (Å²) >= 11 is 0. The molecular weight excluding hydrogens is 398 g/mol. The number of nitrogens with zero attached hydrogens (tertiary/aromatic N) is 2. The van der Waals surface area contributed by atoms with Crippen LogP contribution in [0, 0.1) is 5.92 Å². The fourth-order valence-corrected chi connectivity index (χ4v) is 4.24. The lowest BCUT2D eigenvalue weighted by Gasteiger charge is -2.21. The molecule has 0 spiro atoms. The number of nitrogens with two attached hydrogens (primary N) is 1. The van der Waals surface area contributed by atoms with Gasteiger partial charge in [-0.25, -0.2) is 8.42 Å². The first kappa shape index (κ1) is 26.9. The zero-order valence-electron chi connectivity index (χ0n) is 17.7. The number of benzene rings is 1. The van der Waals surface area contributed by atoms with Crippen LogP contribution in [0.3, 0.4) is 0 Å². The smallest absolute Gasteiger partial charge is 0.243 e. The summed E-state index contributed by atoms with van der Waals surface area (Å²) in [4.78, 5) is 14.3. The molecule has 28 heavy (non-hydrogen) atoms. The van der Waals surface area contributed by atoms with Crippen LogP contribution in [0.5, 0.6) is 0 Å². The summed E-state index contributed by atoms with van der Waals surface area (Å²) in [5.74, 6) is 0.477. The highest BCUT2D eigenvalue weighted by Crippen LogP contribution is 2.17. The summed E-state index contributed by atoms with van der Waals surface area (Å²) in [6.07, 6.45) is 1.78. The van der Waals surface area contributed by atoms with Gasteiger partial charge < -0.3 is 10.6 Å². The number of carbonyl (C=O) groups excluding carboxylic acids is 1. The van der Waals surface area contributed by atoms with E-state index in [2.05, 4.69) is 13.8 Å². The largest absolute Gasteiger partial charge is 0.346 e. The Morgan fingerprint density at radius 3 is 2.11 bits per heavy atom. The average molecular weight is 434 g/mol. The van der Waals surface area contributed by atoms with Gasteiger partial charge in [0.2, 0.25) is 15.9 Å². The van der Waals surface area contributed by atoms with Gasteiger partial charge >= 0.3 is 0 Å². The van der Waals surface area contributed by atoms with Crippen molar-refractivity contribution >= 4 is 28.3 Å². The Morgan fingerprint density at radius 2 is 1.64 bits per heavy atom. The number of amides is 1. The van der Waals surface area contributed by atoms with Gasteiger partial charge in [0, 0.05) is 39.1 Å². The number of aryl methyl sites for hydroxylation is 1. The summed E-state index contributed by atoms with van der Waals surface area (Å²) < 4.78 is 26.4. The maximum absolute atomic E-state index is 12.5. The Hall–Kier alpha value is -1.15. The molecule has 0 saturated heterocycles. The maximum Gasteiger partial charge on any atom is 0.243 e. The van der Waals surface area contributed by atoms with Gasteiger partial charge in [-0.2, -0.15) is 4.31 Å². The van der Waals surface area contributed by atoms with E-state index in [0.29, 0.717) is 43.3 Å². The van der Waals surface area contributed by atoms with Crippen LogP contribution in [0.2, 0.25) is 0 Å². The highest BCUT2D eigenvalue weighted by atomic mass is 35.5. The molecule has 162 valence electrons. The van der Waals surface area contributed by atoms with Crippen LogP contribution in [0.15, 0.2) is 29.2 Å². The Kier molecular flexibility index (Phi) is 11.9. The Labute approximate surface area is 176 Å². The van der Waals surface area contributed by atoms with Gasteiger partial charge in [-0.05, 0) is 36.5 Å². The van der Waals surface area contributed by atoms with Gasteiger partial charge in [-0.1, -0.05) is 39.8 Å². The van der Waals surface area contributed by atoms with Crippen molar-refractivity contribution in [1.82, 2.24) is 9.21 Å². The number of halogens is 1. The molecule has 0 saturated carbocycles. The molecule has 0 aliphatic rings. The maximum atomic E-state index is 12.5. The Bertz CT molecular complexity index is 689. The van der Waals surface area contributed by atoms with Crippen molar-refractivity contribution < 1.29 is 13.2 Å². The third kappa shape index (κ3) is 7.70. The van der Waals surface area contributed by atoms with Gasteiger partial charge in [-0.15, -0.1) is 12.4 Å². The fraction of sp³-hybridized carbons (Fsp3) is 0.650. The van der Waals surface area contributed by atoms with Crippen LogP contribution < -0.4 is 5.73 Å². The van der Waals surface area contributed by atoms with E-state index in [1.807, 2.05) is 13.8 Å². The first-order chi connectivity index (χ1) is 12.6. The second kappa shape index (κ2) is 12.4. The number of hydrogen-bond acceptors (Lipinski definition) is 4. The zero-order valence-corrected chi connectivity index (χ0v) is 19.4. The van der Waals surface area contributed by atoms with Gasteiger partial charge in [0.05, 0.1) is 4.90 Å². The Balaban J connectivity index is 0.00000729. The quantitative estimate of drug-likeness (QED) is 0.581. The SMILES string of the molecule is CCN(CC)S(=O)(=O)c1ccc(CCC(=O)N(C)CCC(N)C(C)C)cc1.Cl. The molecule has 0 aromatic heterocycles. The van der Waals surface area contributed by atoms with Crippen LogP contribution in [-0.4, -0.2) is 56.3 Å². The van der Waals surface area contributed by atoms with E-state index in [0.717, 1.165) is 12.0 Å². The van der Waals surface area contributed by atoms with Crippen LogP contribution in [0.25, 0.3) is 0 Å². The molecule has 6 nitrogen and oxygen atoms in total. The summed E-state index contributed by atoms with van der Waals surface area (Å²) in [5.41, 5.74) is 6.98. The normalized spacial score (nSPS) is 12.7. The molecule has 0 radical (unpaired) electrons. The van der Waals surface area contributed by atoms with Crippen LogP contribution in [0.4, 0.5) is 0 Å². The minimum absolute atomic E-state index is 0. The minimum Gasteiger partial charge on any atom is -0.346 e. The first-order valence-electron chi connectivity index (χ1n) is 9.72. The van der Waals surface area contributed by atoms with Crippen molar-refractivity contribution in [3.05, 3.63) is 29.8 Å². The summed E-state index contributed by atoms with van der Waals surface area (Å²) in [5, 5.41) is 0. The second-order valence-electron chi connectivity index (χ2n) is 7.25. The lowest BCUT2D eigenvalue weighted by atomic mass is 10.0. The summed E-state index contributed by atoms with van der Waals surface area (Å²) in [6, 6.07) is 6.93. The van der Waals surface area contributed by atoms with Crippen LogP contribution >= 0.6 is 12.4 Å². The van der Waals surface area contributed by atoms with Crippen LogP contribution in [-0.2, 0) is 21.2 Å². The van der Waals surface area contributed by atoms with E-state index < -0.39 is 10.0 Å². The van der Waals surface area contributed by atoms with E-state index in [-0.39, 0.29) is 24.4 Å². The molecule has 0 fully saturated rings. The topological polar surface area (TPSA) is 83.7 Å². The van der Waals surface area contributed by atoms with Crippen molar-refractivity contribution in [2.75, 3.05) is 26.7 Å². The van der Waals surface area contributed by atoms with Crippen molar-refractivity contribution in [1.29, 1.82) is 0 Å². The monoisotopic (exact) mass is 433 g/mol. The first-order valence-corrected chi connectivity index (χ1v) is 11.2. The van der Waals surface area contributed by atoms with Gasteiger partial charge in [-0.3, -0.25) is 4.79 Å². The molecule has 2 N–H and O–H groups in total. The molecule has 1 aromatic carbocycles. The molecule has 1 aromatic rings. The molecule has 0 aliphatic carbocycles. The van der Waals surface area contributed by atoms with E-state index >= 15 is 0 Å². The Morgan fingerprint density at radius 1 is 1.11 bits per heavy atom. The van der Waals surface area contributed by atoms with E-state index in [9.17, 15) is 13.2 Å². The minimum atomic E-state index is -3.44. The number of sulfonamides is 1. The molecule has 1 atom stereocenters. The zero-order chi connectivity index (χ0) is 20.6. The lowest BCUT2D eigenvalue weighted by molar-refractivity contribution is -0.129. The molecule has 8 heteroatoms. The number of hydrogen-bond donors (Lipinski definition) is 1. The standard InChI is InChI=1S/C20H35N3O3S.ClH/c1-6-23(7-2)27(25,26)18-11-8-17(9-12-18)10-13-20(24)22(5)15-14-19(21)16(3)4;/h8-9,11-12,16,19H,6-7,10,13-15,21H2,1-5H3;1H.